The van der Waals surface area contributed by atoms with E-state index in [4.69, 9.17) is 5.11 Å². The molecule has 0 amide bonds. The van der Waals surface area contributed by atoms with Crippen LogP contribution in [0.25, 0.3) is 0 Å². The maximum Gasteiger partial charge on any atom is 0.316 e. The van der Waals surface area contributed by atoms with Crippen molar-refractivity contribution in [3.05, 3.63) is 68.5 Å². The Morgan fingerprint density at radius 1 is 1.14 bits per heavy atom. The molecule has 2 rings (SSSR count). The predicted octanol–water partition coefficient (Wildman–Crippen LogP) is 0.329. The minimum atomic E-state index is -0.557. The van der Waals surface area contributed by atoms with Gasteiger partial charge in [-0.25, -0.2) is 0 Å². The summed E-state index contributed by atoms with van der Waals surface area (Å²) in [6.45, 7) is 0.308. The zero-order valence-corrected chi connectivity index (χ0v) is 11.7. The van der Waals surface area contributed by atoms with Gasteiger partial charge in [0.05, 0.1) is 13.2 Å². The Hall–Kier alpha value is -2.58. The summed E-state index contributed by atoms with van der Waals surface area (Å²) in [6.07, 6.45) is 3.55. The Kier molecular flexibility index (Phi) is 4.75. The van der Waals surface area contributed by atoms with Gasteiger partial charge in [0.15, 0.2) is 0 Å². The Morgan fingerprint density at radius 2 is 1.90 bits per heavy atom. The minimum Gasteiger partial charge on any atom is -0.395 e. The van der Waals surface area contributed by atoms with Crippen LogP contribution in [0.5, 0.6) is 0 Å². The van der Waals surface area contributed by atoms with Crippen LogP contribution in [0.1, 0.15) is 17.5 Å². The van der Waals surface area contributed by atoms with Gasteiger partial charge in [0.1, 0.15) is 0 Å². The molecule has 1 aromatic carbocycles. The summed E-state index contributed by atoms with van der Waals surface area (Å²) >= 11 is 0. The molecule has 0 bridgehead atoms. The number of aryl methyl sites for hydroxylation is 1. The SMILES string of the molecule is Cn1ccn(Cc2ccccc2C#CCCO)c(=O)c1=O. The van der Waals surface area contributed by atoms with Crippen LogP contribution in [-0.2, 0) is 13.6 Å². The van der Waals surface area contributed by atoms with Gasteiger partial charge in [-0.2, -0.15) is 0 Å². The fourth-order valence-electron chi connectivity index (χ4n) is 1.89. The van der Waals surface area contributed by atoms with E-state index in [1.807, 2.05) is 24.3 Å². The van der Waals surface area contributed by atoms with Crippen LogP contribution < -0.4 is 11.1 Å². The maximum absolute atomic E-state index is 11.9. The van der Waals surface area contributed by atoms with E-state index in [-0.39, 0.29) is 6.61 Å². The largest absolute Gasteiger partial charge is 0.395 e. The van der Waals surface area contributed by atoms with Gasteiger partial charge in [-0.15, -0.1) is 0 Å². The number of aliphatic hydroxyl groups excluding tert-OH is 1. The fraction of sp³-hybridized carbons (Fsp3) is 0.250. The first kappa shape index (κ1) is 14.8. The van der Waals surface area contributed by atoms with Crippen molar-refractivity contribution < 1.29 is 5.11 Å². The highest BCUT2D eigenvalue weighted by atomic mass is 16.2. The molecule has 1 heterocycles. The summed E-state index contributed by atoms with van der Waals surface area (Å²) in [5.74, 6) is 5.83. The highest BCUT2D eigenvalue weighted by molar-refractivity contribution is 5.41. The maximum atomic E-state index is 11.9. The van der Waals surface area contributed by atoms with Crippen LogP contribution in [0.4, 0.5) is 0 Å². The van der Waals surface area contributed by atoms with E-state index in [9.17, 15) is 9.59 Å². The number of aromatic nitrogens is 2. The highest BCUT2D eigenvalue weighted by Crippen LogP contribution is 2.08. The molecule has 5 heteroatoms. The van der Waals surface area contributed by atoms with Crippen LogP contribution in [-0.4, -0.2) is 20.8 Å². The van der Waals surface area contributed by atoms with Crippen LogP contribution >= 0.6 is 0 Å². The zero-order chi connectivity index (χ0) is 15.2. The molecule has 0 aliphatic rings. The van der Waals surface area contributed by atoms with Crippen LogP contribution in [0.2, 0.25) is 0 Å². The van der Waals surface area contributed by atoms with Gasteiger partial charge in [-0.1, -0.05) is 30.0 Å². The number of rotatable bonds is 3. The third kappa shape index (κ3) is 3.50. The number of hydrogen-bond donors (Lipinski definition) is 1. The summed E-state index contributed by atoms with van der Waals surface area (Å²) in [7, 11) is 1.54. The second-order valence-electron chi connectivity index (χ2n) is 4.58. The van der Waals surface area contributed by atoms with Gasteiger partial charge < -0.3 is 14.2 Å². The van der Waals surface area contributed by atoms with Gasteiger partial charge in [0, 0.05) is 31.4 Å². The summed E-state index contributed by atoms with van der Waals surface area (Å²) in [5, 5.41) is 8.76. The lowest BCUT2D eigenvalue weighted by Gasteiger charge is -2.08. The van der Waals surface area contributed by atoms with Gasteiger partial charge in [-0.05, 0) is 11.6 Å². The molecule has 0 unspecified atom stereocenters. The Labute approximate surface area is 122 Å². The predicted molar refractivity (Wildman–Crippen MR) is 80.1 cm³/mol. The Morgan fingerprint density at radius 3 is 2.67 bits per heavy atom. The molecule has 0 aliphatic heterocycles. The number of aliphatic hydroxyl groups is 1. The molecule has 1 N–H and O–H groups in total. The topological polar surface area (TPSA) is 64.2 Å². The molecule has 0 spiro atoms. The lowest BCUT2D eigenvalue weighted by Crippen LogP contribution is -2.39. The summed E-state index contributed by atoms with van der Waals surface area (Å²) in [4.78, 5) is 23.6. The fourth-order valence-corrected chi connectivity index (χ4v) is 1.89. The molecule has 108 valence electrons. The molecule has 0 aliphatic carbocycles. The molecule has 0 saturated heterocycles. The van der Waals surface area contributed by atoms with E-state index in [0.717, 1.165) is 11.1 Å². The smallest absolute Gasteiger partial charge is 0.316 e. The van der Waals surface area contributed by atoms with E-state index in [1.54, 1.807) is 19.4 Å². The molecule has 2 aromatic rings. The third-order valence-electron chi connectivity index (χ3n) is 3.05. The van der Waals surface area contributed by atoms with Crippen LogP contribution in [0, 0.1) is 11.8 Å². The van der Waals surface area contributed by atoms with Gasteiger partial charge in [0.25, 0.3) is 0 Å². The first-order valence-corrected chi connectivity index (χ1v) is 6.57. The summed E-state index contributed by atoms with van der Waals surface area (Å²) in [5.41, 5.74) is 0.538. The van der Waals surface area contributed by atoms with E-state index >= 15 is 0 Å². The first-order valence-electron chi connectivity index (χ1n) is 6.57. The van der Waals surface area contributed by atoms with Crippen molar-refractivity contribution in [2.45, 2.75) is 13.0 Å². The van der Waals surface area contributed by atoms with Crippen molar-refractivity contribution in [2.75, 3.05) is 6.61 Å². The highest BCUT2D eigenvalue weighted by Gasteiger charge is 2.05. The van der Waals surface area contributed by atoms with E-state index < -0.39 is 11.1 Å². The van der Waals surface area contributed by atoms with Crippen molar-refractivity contribution >= 4 is 0 Å². The molecular weight excluding hydrogens is 268 g/mol. The molecule has 21 heavy (non-hydrogen) atoms. The standard InChI is InChI=1S/C16H16N2O3/c1-17-9-10-18(16(21)15(17)20)12-14-8-3-2-6-13(14)7-4-5-11-19/h2-3,6,8-10,19H,5,11-12H2,1H3. The van der Waals surface area contributed by atoms with Crippen molar-refractivity contribution in [3.8, 4) is 11.8 Å². The monoisotopic (exact) mass is 284 g/mol. The van der Waals surface area contributed by atoms with Crippen molar-refractivity contribution in [2.24, 2.45) is 7.05 Å². The summed E-state index contributed by atoms with van der Waals surface area (Å²) < 4.78 is 2.63. The minimum absolute atomic E-state index is 0.0172. The normalized spacial score (nSPS) is 10.0. The van der Waals surface area contributed by atoms with Crippen molar-refractivity contribution in [1.29, 1.82) is 0 Å². The molecule has 5 nitrogen and oxygen atoms in total. The van der Waals surface area contributed by atoms with E-state index in [0.29, 0.717) is 13.0 Å². The molecule has 0 saturated carbocycles. The average molecular weight is 284 g/mol. The number of nitrogens with zero attached hydrogens (tertiary/aromatic N) is 2. The third-order valence-corrected chi connectivity index (χ3v) is 3.05. The number of benzene rings is 1. The average Bonchev–Trinajstić information content (AvgIpc) is 2.50. The van der Waals surface area contributed by atoms with Crippen molar-refractivity contribution in [1.82, 2.24) is 9.13 Å². The Balaban J connectivity index is 2.37. The second-order valence-corrected chi connectivity index (χ2v) is 4.58. The second kappa shape index (κ2) is 6.73. The Bertz CT molecular complexity index is 806. The first-order chi connectivity index (χ1) is 10.1. The van der Waals surface area contributed by atoms with E-state index in [1.165, 1.54) is 9.13 Å². The molecule has 0 fully saturated rings. The van der Waals surface area contributed by atoms with E-state index in [2.05, 4.69) is 11.8 Å². The number of hydrogen-bond acceptors (Lipinski definition) is 3. The van der Waals surface area contributed by atoms with Crippen LogP contribution in [0.3, 0.4) is 0 Å². The lowest BCUT2D eigenvalue weighted by molar-refractivity contribution is 0.305. The molecule has 1 aromatic heterocycles. The van der Waals surface area contributed by atoms with Crippen molar-refractivity contribution in [3.63, 3.8) is 0 Å². The lowest BCUT2D eigenvalue weighted by atomic mass is 10.1. The summed E-state index contributed by atoms with van der Waals surface area (Å²) in [6, 6.07) is 7.44. The quantitative estimate of drug-likeness (QED) is 0.652. The zero-order valence-electron chi connectivity index (χ0n) is 11.7. The molecular formula is C16H16N2O3. The van der Waals surface area contributed by atoms with Gasteiger partial charge in [-0.3, -0.25) is 9.59 Å². The molecule has 0 atom stereocenters. The molecule has 0 radical (unpaired) electrons. The van der Waals surface area contributed by atoms with Crippen LogP contribution in [0.15, 0.2) is 46.2 Å². The van der Waals surface area contributed by atoms with Gasteiger partial charge >= 0.3 is 11.1 Å². The van der Waals surface area contributed by atoms with Gasteiger partial charge in [0.2, 0.25) is 0 Å².